The lowest BCUT2D eigenvalue weighted by molar-refractivity contribution is -0.116. The number of rotatable bonds is 12. The number of hydrazine groups is 1. The van der Waals surface area contributed by atoms with Crippen LogP contribution in [0.15, 0.2) is 60.7 Å². The quantitative estimate of drug-likeness (QED) is 0.193. The molecule has 0 aliphatic rings. The van der Waals surface area contributed by atoms with Gasteiger partial charge in [-0.1, -0.05) is 32.1 Å². The van der Waals surface area contributed by atoms with Crippen molar-refractivity contribution < 1.29 is 18.3 Å². The molecule has 8 heteroatoms. The lowest BCUT2D eigenvalue weighted by atomic mass is 10.1. The number of ether oxygens (including phenoxy) is 1. The number of benzene rings is 2. The Morgan fingerprint density at radius 1 is 1.13 bits per heavy atom. The summed E-state index contributed by atoms with van der Waals surface area (Å²) >= 11 is 0. The number of aromatic nitrogens is 2. The molecule has 3 rings (SSSR count). The van der Waals surface area contributed by atoms with Crippen molar-refractivity contribution >= 4 is 17.5 Å². The summed E-state index contributed by atoms with van der Waals surface area (Å²) in [5.74, 6) is -0.731. The fourth-order valence-corrected chi connectivity index (χ4v) is 4.12. The van der Waals surface area contributed by atoms with Crippen molar-refractivity contribution in [2.24, 2.45) is 0 Å². The number of imidazole rings is 1. The highest BCUT2D eigenvalue weighted by atomic mass is 19.1. The molecule has 0 saturated heterocycles. The third kappa shape index (κ3) is 6.88. The first kappa shape index (κ1) is 28.6. The molecular weight excluding hydrogens is 486 g/mol. The summed E-state index contributed by atoms with van der Waals surface area (Å²) in [6, 6.07) is 8.44. The number of anilines is 1. The van der Waals surface area contributed by atoms with E-state index in [4.69, 9.17) is 4.74 Å². The molecule has 3 aromatic rings. The van der Waals surface area contributed by atoms with Gasteiger partial charge in [-0.3, -0.25) is 14.8 Å². The molecule has 0 unspecified atom stereocenters. The van der Waals surface area contributed by atoms with Crippen molar-refractivity contribution in [3.63, 3.8) is 0 Å². The summed E-state index contributed by atoms with van der Waals surface area (Å²) in [4.78, 5) is 16.5. The summed E-state index contributed by atoms with van der Waals surface area (Å²) in [7, 11) is 1.63. The molecule has 0 N–H and O–H groups in total. The van der Waals surface area contributed by atoms with Crippen LogP contribution in [0.1, 0.15) is 50.4 Å². The zero-order valence-electron chi connectivity index (χ0n) is 23.0. The Bertz CT molecular complexity index is 1310. The average molecular weight is 523 g/mol. The van der Waals surface area contributed by atoms with E-state index in [0.717, 1.165) is 35.5 Å². The molecule has 0 aliphatic heterocycles. The van der Waals surface area contributed by atoms with Gasteiger partial charge in [0, 0.05) is 18.3 Å². The van der Waals surface area contributed by atoms with E-state index in [-0.39, 0.29) is 23.6 Å². The molecule has 2 aromatic carbocycles. The van der Waals surface area contributed by atoms with Crippen molar-refractivity contribution in [2.45, 2.75) is 47.5 Å². The van der Waals surface area contributed by atoms with Crippen LogP contribution in [0.25, 0.3) is 11.8 Å². The molecule has 0 amide bonds. The summed E-state index contributed by atoms with van der Waals surface area (Å²) in [5.41, 5.74) is 3.73. The molecule has 0 spiro atoms. The fraction of sp³-hybridized carbons (Fsp3) is 0.333. The molecule has 1 aromatic heterocycles. The minimum Gasteiger partial charge on any atom is -0.495 e. The van der Waals surface area contributed by atoms with Gasteiger partial charge in [0.1, 0.15) is 17.4 Å². The Balaban J connectivity index is 2.01. The Kier molecular flexibility index (Phi) is 9.82. The van der Waals surface area contributed by atoms with Crippen molar-refractivity contribution in [3.8, 4) is 11.4 Å². The molecule has 0 aliphatic carbocycles. The number of hydrogen-bond acceptors (Lipinski definition) is 5. The minimum absolute atomic E-state index is 0.0241. The van der Waals surface area contributed by atoms with Crippen LogP contribution in [0, 0.1) is 25.5 Å². The van der Waals surface area contributed by atoms with Gasteiger partial charge in [0.05, 0.1) is 42.7 Å². The summed E-state index contributed by atoms with van der Waals surface area (Å²) in [6.45, 7) is 9.34. The maximum absolute atomic E-state index is 14.5. The van der Waals surface area contributed by atoms with Gasteiger partial charge in [-0.05, 0) is 69.5 Å². The van der Waals surface area contributed by atoms with Crippen LogP contribution in [-0.2, 0) is 4.79 Å². The van der Waals surface area contributed by atoms with E-state index in [9.17, 15) is 13.6 Å². The minimum atomic E-state index is -0.651. The molecule has 0 bridgehead atoms. The van der Waals surface area contributed by atoms with Crippen molar-refractivity contribution in [2.75, 3.05) is 25.2 Å². The number of methoxy groups -OCH3 is 1. The van der Waals surface area contributed by atoms with Gasteiger partial charge in [-0.15, -0.1) is 0 Å². The number of carbonyl (C=O) groups is 1. The number of ketones is 1. The molecule has 0 atom stereocenters. The number of hydrogen-bond donors (Lipinski definition) is 0. The number of Topliss-reactive ketones (excluding diaryl/α,β-unsaturated/α-hetero) is 1. The van der Waals surface area contributed by atoms with Gasteiger partial charge >= 0.3 is 0 Å². The molecule has 202 valence electrons. The summed E-state index contributed by atoms with van der Waals surface area (Å²) in [6.07, 6.45) is 11.1. The van der Waals surface area contributed by atoms with Crippen LogP contribution in [0.3, 0.4) is 0 Å². The highest BCUT2D eigenvalue weighted by Crippen LogP contribution is 2.28. The SMILES string of the molecule is CCC=C(C=Cc1ccc(-n2cnc(C)c2)c(OC)c1)N(CCC)N(CC(C)=O)c1cc(F)c(C)c(F)c1. The Morgan fingerprint density at radius 3 is 2.39 bits per heavy atom. The topological polar surface area (TPSA) is 50.6 Å². The smallest absolute Gasteiger partial charge is 0.151 e. The number of aryl methyl sites for hydroxylation is 1. The number of nitrogens with zero attached hydrogens (tertiary/aromatic N) is 4. The molecular formula is C30H36F2N4O2. The third-order valence-corrected chi connectivity index (χ3v) is 6.01. The Morgan fingerprint density at radius 2 is 1.84 bits per heavy atom. The van der Waals surface area contributed by atoms with E-state index >= 15 is 0 Å². The Hall–Kier alpha value is -3.94. The van der Waals surface area contributed by atoms with E-state index in [1.807, 2.05) is 73.0 Å². The highest BCUT2D eigenvalue weighted by molar-refractivity contribution is 5.81. The number of allylic oxidation sites excluding steroid dienone is 2. The van der Waals surface area contributed by atoms with Gasteiger partial charge in [0.2, 0.25) is 0 Å². The number of carbonyl (C=O) groups excluding carboxylic acids is 1. The van der Waals surface area contributed by atoms with Crippen LogP contribution in [0.2, 0.25) is 0 Å². The van der Waals surface area contributed by atoms with E-state index in [2.05, 4.69) is 4.98 Å². The first-order chi connectivity index (χ1) is 18.2. The maximum atomic E-state index is 14.5. The van der Waals surface area contributed by atoms with E-state index in [1.165, 1.54) is 26.0 Å². The molecule has 0 saturated carbocycles. The highest BCUT2D eigenvalue weighted by Gasteiger charge is 2.21. The zero-order valence-corrected chi connectivity index (χ0v) is 23.0. The monoisotopic (exact) mass is 522 g/mol. The van der Waals surface area contributed by atoms with Crippen molar-refractivity contribution in [1.82, 2.24) is 14.6 Å². The zero-order chi connectivity index (χ0) is 27.8. The molecule has 38 heavy (non-hydrogen) atoms. The molecule has 6 nitrogen and oxygen atoms in total. The summed E-state index contributed by atoms with van der Waals surface area (Å²) in [5, 5.41) is 3.55. The van der Waals surface area contributed by atoms with Gasteiger partial charge in [0.15, 0.2) is 5.78 Å². The van der Waals surface area contributed by atoms with Crippen LogP contribution in [-0.4, -0.2) is 40.5 Å². The van der Waals surface area contributed by atoms with E-state index < -0.39 is 11.6 Å². The van der Waals surface area contributed by atoms with Crippen molar-refractivity contribution in [3.05, 3.63) is 89.2 Å². The lowest BCUT2D eigenvalue weighted by Crippen LogP contribution is -2.45. The molecule has 0 fully saturated rings. The van der Waals surface area contributed by atoms with Crippen LogP contribution in [0.4, 0.5) is 14.5 Å². The second-order valence-electron chi connectivity index (χ2n) is 9.14. The standard InChI is InChI=1S/C30H36F2N4O2/c1-7-9-25(12-10-24-11-13-29(30(15-24)38-6)34-18-21(3)33-20-34)35(14-8-2)36(19-22(4)37)26-16-27(31)23(5)28(32)17-26/h9-13,15-18,20H,7-8,14,19H2,1-6H3. The second kappa shape index (κ2) is 13.0. The Labute approximate surface area is 223 Å². The van der Waals surface area contributed by atoms with Crippen LogP contribution < -0.4 is 9.75 Å². The van der Waals surface area contributed by atoms with E-state index in [1.54, 1.807) is 18.4 Å². The first-order valence-electron chi connectivity index (χ1n) is 12.8. The van der Waals surface area contributed by atoms with E-state index in [0.29, 0.717) is 12.3 Å². The lowest BCUT2D eigenvalue weighted by Gasteiger charge is -2.38. The van der Waals surface area contributed by atoms with Gasteiger partial charge in [-0.2, -0.15) is 0 Å². The summed E-state index contributed by atoms with van der Waals surface area (Å²) < 4.78 is 36.6. The van der Waals surface area contributed by atoms with Crippen molar-refractivity contribution in [1.29, 1.82) is 0 Å². The van der Waals surface area contributed by atoms with Gasteiger partial charge < -0.3 is 9.30 Å². The fourth-order valence-electron chi connectivity index (χ4n) is 4.12. The van der Waals surface area contributed by atoms with Crippen LogP contribution in [0.5, 0.6) is 5.75 Å². The first-order valence-corrected chi connectivity index (χ1v) is 12.8. The third-order valence-electron chi connectivity index (χ3n) is 6.01. The molecule has 1 heterocycles. The number of halogens is 2. The predicted octanol–water partition coefficient (Wildman–Crippen LogP) is 6.81. The van der Waals surface area contributed by atoms with Gasteiger partial charge in [0.25, 0.3) is 0 Å². The molecule has 0 radical (unpaired) electrons. The average Bonchev–Trinajstić information content (AvgIpc) is 3.32. The van der Waals surface area contributed by atoms with Gasteiger partial charge in [-0.25, -0.2) is 13.8 Å². The second-order valence-corrected chi connectivity index (χ2v) is 9.14. The normalized spacial score (nSPS) is 11.7. The largest absolute Gasteiger partial charge is 0.495 e. The van der Waals surface area contributed by atoms with Crippen LogP contribution >= 0.6 is 0 Å². The predicted molar refractivity (Wildman–Crippen MR) is 148 cm³/mol. The maximum Gasteiger partial charge on any atom is 0.151 e.